The molecule has 0 aliphatic rings. The van der Waals surface area contributed by atoms with E-state index in [1.165, 1.54) is 20.8 Å². The standard InChI is InChI=1S/C31H22O5.C20H19O2S/c32-31(33)26-21-27(34-23-15-7-2-8-16-23)29(35-24-17-9-3-10-18-24)30(36-25-19-11-4-12-20-25)28(26)22-13-5-1-6-14-22;1-21-16-8-12-19(13-9-16)23(18-6-4-3-5-7-18)20-14-10-17(22-2)11-15-20/h1-21H,(H,32,33);3-15H,1-2H3/q;+1/p-1. The summed E-state index contributed by atoms with van der Waals surface area (Å²) in [6.45, 7) is 0. The van der Waals surface area contributed by atoms with Crippen molar-refractivity contribution >= 4 is 16.9 Å². The van der Waals surface area contributed by atoms with Crippen molar-refractivity contribution in [1.29, 1.82) is 0 Å². The highest BCUT2D eigenvalue weighted by Gasteiger charge is 2.29. The molecule has 8 heteroatoms. The Kier molecular flexibility index (Phi) is 13.2. The van der Waals surface area contributed by atoms with Crippen LogP contribution >= 0.6 is 0 Å². The van der Waals surface area contributed by atoms with Gasteiger partial charge in [-0.3, -0.25) is 0 Å². The fourth-order valence-electron chi connectivity index (χ4n) is 6.16. The zero-order valence-electron chi connectivity index (χ0n) is 32.4. The second kappa shape index (κ2) is 19.6. The van der Waals surface area contributed by atoms with Crippen molar-refractivity contribution < 1.29 is 33.6 Å². The summed E-state index contributed by atoms with van der Waals surface area (Å²) >= 11 is 0. The molecule has 7 nitrogen and oxygen atoms in total. The maximum absolute atomic E-state index is 12.4. The van der Waals surface area contributed by atoms with Gasteiger partial charge in [-0.05, 0) is 109 Å². The van der Waals surface area contributed by atoms with Crippen molar-refractivity contribution in [3.63, 3.8) is 0 Å². The van der Waals surface area contributed by atoms with Crippen molar-refractivity contribution in [1.82, 2.24) is 0 Å². The molecule has 0 spiro atoms. The molecule has 8 aromatic carbocycles. The summed E-state index contributed by atoms with van der Waals surface area (Å²) in [5, 5.41) is 12.4. The molecule has 0 amide bonds. The molecule has 0 aliphatic heterocycles. The Balaban J connectivity index is 0.000000198. The predicted octanol–water partition coefficient (Wildman–Crippen LogP) is 11.9. The van der Waals surface area contributed by atoms with Crippen LogP contribution in [0.25, 0.3) is 11.1 Å². The number of hydrogen-bond acceptors (Lipinski definition) is 7. The smallest absolute Gasteiger partial charge is 0.213 e. The van der Waals surface area contributed by atoms with Crippen LogP contribution in [0.3, 0.4) is 0 Å². The third-order valence-electron chi connectivity index (χ3n) is 8.95. The first-order chi connectivity index (χ1) is 29.0. The molecular weight excluding hydrogens is 757 g/mol. The van der Waals surface area contributed by atoms with Gasteiger partial charge in [0.15, 0.2) is 26.2 Å². The number of ether oxygens (including phenoxy) is 5. The number of methoxy groups -OCH3 is 2. The first-order valence-electron chi connectivity index (χ1n) is 18.7. The number of rotatable bonds is 13. The Morgan fingerprint density at radius 1 is 0.424 bits per heavy atom. The highest BCUT2D eigenvalue weighted by molar-refractivity contribution is 7.97. The Hall–Kier alpha value is -7.42. The van der Waals surface area contributed by atoms with Crippen molar-refractivity contribution in [3.05, 3.63) is 212 Å². The van der Waals surface area contributed by atoms with E-state index in [0.717, 1.165) is 11.5 Å². The number of hydrogen-bond donors (Lipinski definition) is 0. The molecule has 0 aromatic heterocycles. The fourth-order valence-corrected chi connectivity index (χ4v) is 8.22. The van der Waals surface area contributed by atoms with E-state index in [4.69, 9.17) is 23.7 Å². The van der Waals surface area contributed by atoms with Crippen LogP contribution < -0.4 is 28.8 Å². The molecule has 0 saturated carbocycles. The molecule has 0 unspecified atom stereocenters. The molecular formula is C51H40O7S. The zero-order valence-corrected chi connectivity index (χ0v) is 33.2. The molecule has 0 radical (unpaired) electrons. The average molecular weight is 797 g/mol. The minimum absolute atomic E-state index is 0.0847. The van der Waals surface area contributed by atoms with Crippen LogP contribution in [-0.2, 0) is 10.9 Å². The maximum atomic E-state index is 12.4. The number of benzene rings is 8. The van der Waals surface area contributed by atoms with Crippen LogP contribution in [0.2, 0.25) is 0 Å². The largest absolute Gasteiger partial charge is 0.545 e. The normalized spacial score (nSPS) is 10.5. The average Bonchev–Trinajstić information content (AvgIpc) is 3.30. The third kappa shape index (κ3) is 10.1. The molecule has 8 rings (SSSR count). The van der Waals surface area contributed by atoms with Crippen LogP contribution in [0.4, 0.5) is 0 Å². The summed E-state index contributed by atoms with van der Waals surface area (Å²) in [4.78, 5) is 16.2. The molecule has 0 fully saturated rings. The lowest BCUT2D eigenvalue weighted by Gasteiger charge is -2.23. The van der Waals surface area contributed by atoms with Gasteiger partial charge in [0.05, 0.1) is 31.1 Å². The van der Waals surface area contributed by atoms with Crippen LogP contribution in [0.15, 0.2) is 221 Å². The summed E-state index contributed by atoms with van der Waals surface area (Å²) < 4.78 is 29.4. The third-order valence-corrected chi connectivity index (χ3v) is 11.2. The maximum Gasteiger partial charge on any atom is 0.213 e. The van der Waals surface area contributed by atoms with Gasteiger partial charge in [0.1, 0.15) is 28.7 Å². The van der Waals surface area contributed by atoms with Gasteiger partial charge in [-0.1, -0.05) is 103 Å². The Morgan fingerprint density at radius 3 is 1.22 bits per heavy atom. The minimum Gasteiger partial charge on any atom is -0.545 e. The molecule has 0 N–H and O–H groups in total. The molecule has 0 heterocycles. The Bertz CT molecular complexity index is 2490. The number of carboxylic acid groups (broad SMARTS) is 1. The molecule has 0 atom stereocenters. The molecule has 0 bridgehead atoms. The lowest BCUT2D eigenvalue weighted by atomic mass is 9.97. The van der Waals surface area contributed by atoms with Gasteiger partial charge in [-0.25, -0.2) is 0 Å². The van der Waals surface area contributed by atoms with Gasteiger partial charge in [0.25, 0.3) is 0 Å². The highest BCUT2D eigenvalue weighted by atomic mass is 32.2. The molecule has 8 aromatic rings. The van der Waals surface area contributed by atoms with E-state index in [1.54, 1.807) is 50.6 Å². The van der Waals surface area contributed by atoms with E-state index in [2.05, 4.69) is 48.5 Å². The van der Waals surface area contributed by atoms with E-state index in [0.29, 0.717) is 28.4 Å². The molecule has 292 valence electrons. The number of carbonyl (C=O) groups is 1. The van der Waals surface area contributed by atoms with Crippen molar-refractivity contribution in [2.75, 3.05) is 14.2 Å². The first-order valence-corrected chi connectivity index (χ1v) is 20.0. The summed E-state index contributed by atoms with van der Waals surface area (Å²) in [5.74, 6) is 2.55. The predicted molar refractivity (Wildman–Crippen MR) is 230 cm³/mol. The lowest BCUT2D eigenvalue weighted by Crippen LogP contribution is -2.23. The van der Waals surface area contributed by atoms with Crippen molar-refractivity contribution in [2.45, 2.75) is 14.7 Å². The number of aromatic carboxylic acids is 1. The molecule has 0 aliphatic carbocycles. The quantitative estimate of drug-likeness (QED) is 0.107. The molecule has 59 heavy (non-hydrogen) atoms. The Morgan fingerprint density at radius 2 is 0.797 bits per heavy atom. The number of para-hydroxylation sites is 3. The SMILES string of the molecule is COc1ccc([S+](c2ccccc2)c2ccc(OC)cc2)cc1.O=C([O-])c1cc(Oc2ccccc2)c(Oc2ccccc2)c(Oc2ccccc2)c1-c1ccccc1. The Labute approximate surface area is 347 Å². The van der Waals surface area contributed by atoms with E-state index >= 15 is 0 Å². The van der Waals surface area contributed by atoms with E-state index in [-0.39, 0.29) is 33.7 Å². The summed E-state index contributed by atoms with van der Waals surface area (Å²) in [5.41, 5.74) is 0.871. The first kappa shape index (κ1) is 39.8. The van der Waals surface area contributed by atoms with E-state index in [1.807, 2.05) is 115 Å². The van der Waals surface area contributed by atoms with Gasteiger partial charge in [-0.15, -0.1) is 0 Å². The van der Waals surface area contributed by atoms with E-state index < -0.39 is 5.97 Å². The zero-order chi connectivity index (χ0) is 40.8. The summed E-state index contributed by atoms with van der Waals surface area (Å²) in [6, 6.07) is 65.1. The monoisotopic (exact) mass is 796 g/mol. The lowest BCUT2D eigenvalue weighted by molar-refractivity contribution is -0.255. The van der Waals surface area contributed by atoms with Crippen molar-refractivity contribution in [2.24, 2.45) is 0 Å². The molecule has 0 saturated heterocycles. The van der Waals surface area contributed by atoms with Gasteiger partial charge < -0.3 is 33.6 Å². The second-order valence-corrected chi connectivity index (χ2v) is 14.9. The van der Waals surface area contributed by atoms with Crippen LogP contribution in [-0.4, -0.2) is 20.2 Å². The van der Waals surface area contributed by atoms with Crippen LogP contribution in [0.1, 0.15) is 10.4 Å². The van der Waals surface area contributed by atoms with Gasteiger partial charge in [0, 0.05) is 11.1 Å². The summed E-state index contributed by atoms with van der Waals surface area (Å²) in [6.07, 6.45) is 0. The summed E-state index contributed by atoms with van der Waals surface area (Å²) in [7, 11) is 3.23. The van der Waals surface area contributed by atoms with Gasteiger partial charge in [0.2, 0.25) is 5.75 Å². The van der Waals surface area contributed by atoms with Gasteiger partial charge >= 0.3 is 0 Å². The highest BCUT2D eigenvalue weighted by Crippen LogP contribution is 2.51. The topological polar surface area (TPSA) is 86.3 Å². The fraction of sp³-hybridized carbons (Fsp3) is 0.0392. The minimum atomic E-state index is -1.36. The van der Waals surface area contributed by atoms with Crippen LogP contribution in [0.5, 0.6) is 46.0 Å². The van der Waals surface area contributed by atoms with Crippen LogP contribution in [0, 0.1) is 0 Å². The second-order valence-electron chi connectivity index (χ2n) is 12.8. The van der Waals surface area contributed by atoms with E-state index in [9.17, 15) is 9.90 Å². The van der Waals surface area contributed by atoms with Gasteiger partial charge in [-0.2, -0.15) is 0 Å². The van der Waals surface area contributed by atoms with Crippen molar-refractivity contribution in [3.8, 4) is 57.1 Å². The number of carboxylic acids is 1. The number of carbonyl (C=O) groups excluding carboxylic acids is 1.